The fraction of sp³-hybridized carbons (Fsp3) is 0.0667. The molecule has 4 heteroatoms. The van der Waals surface area contributed by atoms with E-state index < -0.39 is 5.23 Å². The Morgan fingerprint density at radius 3 is 2.32 bits per heavy atom. The first-order valence-electron chi connectivity index (χ1n) is 5.89. The number of hydrogen-bond acceptors (Lipinski definition) is 3. The highest BCUT2D eigenvalue weighted by Crippen LogP contribution is 2.27. The standard InChI is InChI=1S/C15H15NO2S/c1-2-16(17)18-12-13-8-10-15(11-9-13)19-14-6-4-3-5-7-14/h2-11,16H,1,12H2. The third kappa shape index (κ3) is 4.54. The number of benzene rings is 2. The molecule has 2 aromatic carbocycles. The first-order valence-corrected chi connectivity index (χ1v) is 6.70. The molecule has 3 nitrogen and oxygen atoms in total. The minimum atomic E-state index is -0.400. The van der Waals surface area contributed by atoms with E-state index in [1.165, 1.54) is 11.1 Å². The Hall–Kier alpha value is -1.59. The topological polar surface area (TPSA) is 36.7 Å². The van der Waals surface area contributed by atoms with Crippen LogP contribution in [0.3, 0.4) is 0 Å². The molecule has 19 heavy (non-hydrogen) atoms. The predicted molar refractivity (Wildman–Crippen MR) is 76.3 cm³/mol. The van der Waals surface area contributed by atoms with Gasteiger partial charge in [0.25, 0.3) is 0 Å². The van der Waals surface area contributed by atoms with Crippen molar-refractivity contribution in [3.05, 3.63) is 78.1 Å². The van der Waals surface area contributed by atoms with Gasteiger partial charge in [0.1, 0.15) is 12.8 Å². The molecule has 0 fully saturated rings. The summed E-state index contributed by atoms with van der Waals surface area (Å²) in [6.45, 7) is 3.63. The zero-order valence-corrected chi connectivity index (χ0v) is 11.2. The molecule has 0 aliphatic rings. The van der Waals surface area contributed by atoms with Crippen molar-refractivity contribution in [2.45, 2.75) is 16.4 Å². The summed E-state index contributed by atoms with van der Waals surface area (Å²) in [4.78, 5) is 7.33. The Bertz CT molecular complexity index is 513. The van der Waals surface area contributed by atoms with E-state index in [9.17, 15) is 5.21 Å². The van der Waals surface area contributed by atoms with Gasteiger partial charge in [0.2, 0.25) is 0 Å². The average molecular weight is 273 g/mol. The van der Waals surface area contributed by atoms with Gasteiger partial charge in [0.15, 0.2) is 0 Å². The molecular weight excluding hydrogens is 258 g/mol. The van der Waals surface area contributed by atoms with Crippen LogP contribution in [0.5, 0.6) is 0 Å². The van der Waals surface area contributed by atoms with Crippen LogP contribution in [0.15, 0.2) is 77.2 Å². The third-order valence-corrected chi connectivity index (χ3v) is 3.47. The molecule has 1 unspecified atom stereocenters. The van der Waals surface area contributed by atoms with Crippen LogP contribution in [0.25, 0.3) is 0 Å². The van der Waals surface area contributed by atoms with Crippen molar-refractivity contribution in [2.75, 3.05) is 0 Å². The summed E-state index contributed by atoms with van der Waals surface area (Å²) >= 11 is 1.70. The van der Waals surface area contributed by atoms with Crippen LogP contribution in [0.2, 0.25) is 0 Å². The van der Waals surface area contributed by atoms with E-state index in [2.05, 4.69) is 18.7 Å². The van der Waals surface area contributed by atoms with E-state index in [0.29, 0.717) is 0 Å². The van der Waals surface area contributed by atoms with Gasteiger partial charge in [-0.3, -0.25) is 0 Å². The highest BCUT2D eigenvalue weighted by molar-refractivity contribution is 7.99. The quantitative estimate of drug-likeness (QED) is 0.822. The Kier molecular flexibility index (Phi) is 5.18. The molecule has 0 spiro atoms. The fourth-order valence-electron chi connectivity index (χ4n) is 1.49. The van der Waals surface area contributed by atoms with Crippen molar-refractivity contribution < 1.29 is 10.1 Å². The molecule has 0 saturated carbocycles. The lowest BCUT2D eigenvalue weighted by Crippen LogP contribution is -3.00. The number of rotatable bonds is 6. The van der Waals surface area contributed by atoms with Crippen molar-refractivity contribution in [3.63, 3.8) is 0 Å². The first-order chi connectivity index (χ1) is 9.28. The Balaban J connectivity index is 1.93. The smallest absolute Gasteiger partial charge is 0.132 e. The van der Waals surface area contributed by atoms with Crippen molar-refractivity contribution >= 4 is 11.8 Å². The van der Waals surface area contributed by atoms with Crippen LogP contribution in [0.4, 0.5) is 0 Å². The maximum Gasteiger partial charge on any atom is 0.132 e. The minimum Gasteiger partial charge on any atom is -0.595 e. The number of hydroxylamine groups is 2. The number of quaternary nitrogens is 1. The first kappa shape index (κ1) is 13.8. The largest absolute Gasteiger partial charge is 0.595 e. The van der Waals surface area contributed by atoms with Crippen molar-refractivity contribution in [2.24, 2.45) is 0 Å². The summed E-state index contributed by atoms with van der Waals surface area (Å²) in [6.07, 6.45) is 1.17. The maximum absolute atomic E-state index is 10.9. The average Bonchev–Trinajstić information content (AvgIpc) is 2.47. The van der Waals surface area contributed by atoms with E-state index in [4.69, 9.17) is 4.84 Å². The molecule has 0 amide bonds. The molecule has 0 aliphatic carbocycles. The van der Waals surface area contributed by atoms with E-state index in [0.717, 1.165) is 10.5 Å². The molecule has 0 aliphatic heterocycles. The lowest BCUT2D eigenvalue weighted by molar-refractivity contribution is -1.01. The number of nitrogens with one attached hydrogen (secondary N) is 1. The van der Waals surface area contributed by atoms with Gasteiger partial charge in [0, 0.05) is 9.79 Å². The molecule has 0 radical (unpaired) electrons. The summed E-state index contributed by atoms with van der Waals surface area (Å²) in [5.74, 6) is 0. The molecule has 0 bridgehead atoms. The monoisotopic (exact) mass is 273 g/mol. The van der Waals surface area contributed by atoms with Crippen LogP contribution in [-0.4, -0.2) is 0 Å². The van der Waals surface area contributed by atoms with Gasteiger partial charge >= 0.3 is 0 Å². The fourth-order valence-corrected chi connectivity index (χ4v) is 2.33. The van der Waals surface area contributed by atoms with Crippen LogP contribution in [-0.2, 0) is 11.4 Å². The molecule has 1 atom stereocenters. The van der Waals surface area contributed by atoms with Gasteiger partial charge in [0.05, 0.1) is 0 Å². The van der Waals surface area contributed by atoms with Gasteiger partial charge in [-0.15, -0.1) is 0 Å². The lowest BCUT2D eigenvalue weighted by atomic mass is 10.2. The van der Waals surface area contributed by atoms with Gasteiger partial charge in [-0.05, 0) is 36.4 Å². The number of hydrogen-bond donors (Lipinski definition) is 1. The summed E-state index contributed by atoms with van der Waals surface area (Å²) in [5, 5.41) is 10.5. The summed E-state index contributed by atoms with van der Waals surface area (Å²) < 4.78 is 0. The summed E-state index contributed by atoms with van der Waals surface area (Å²) in [5.41, 5.74) is 0.965. The minimum absolute atomic E-state index is 0.279. The highest BCUT2D eigenvalue weighted by atomic mass is 32.2. The van der Waals surface area contributed by atoms with Gasteiger partial charge in [-0.1, -0.05) is 42.1 Å². The summed E-state index contributed by atoms with van der Waals surface area (Å²) in [7, 11) is 0. The lowest BCUT2D eigenvalue weighted by Gasteiger charge is -2.14. The van der Waals surface area contributed by atoms with Crippen molar-refractivity contribution in [1.82, 2.24) is 0 Å². The molecule has 2 rings (SSSR count). The SMILES string of the molecule is C=C[NH+]([O-])OCc1ccc(Sc2ccccc2)cc1. The van der Waals surface area contributed by atoms with Crippen molar-refractivity contribution in [3.8, 4) is 0 Å². The van der Waals surface area contributed by atoms with Crippen LogP contribution < -0.4 is 5.23 Å². The van der Waals surface area contributed by atoms with Gasteiger partial charge < -0.3 is 5.21 Å². The van der Waals surface area contributed by atoms with E-state index in [1.807, 2.05) is 42.5 Å². The molecule has 0 aromatic heterocycles. The van der Waals surface area contributed by atoms with Crippen LogP contribution >= 0.6 is 11.8 Å². The molecule has 1 N–H and O–H groups in total. The highest BCUT2D eigenvalue weighted by Gasteiger charge is 1.99. The Morgan fingerprint density at radius 2 is 1.68 bits per heavy atom. The zero-order valence-electron chi connectivity index (χ0n) is 10.4. The van der Waals surface area contributed by atoms with Crippen LogP contribution in [0.1, 0.15) is 5.56 Å². The Morgan fingerprint density at radius 1 is 1.05 bits per heavy atom. The van der Waals surface area contributed by atoms with E-state index >= 15 is 0 Å². The molecule has 98 valence electrons. The maximum atomic E-state index is 10.9. The van der Waals surface area contributed by atoms with Crippen molar-refractivity contribution in [1.29, 1.82) is 0 Å². The van der Waals surface area contributed by atoms with Gasteiger partial charge in [-0.2, -0.15) is 10.1 Å². The second kappa shape index (κ2) is 7.11. The zero-order chi connectivity index (χ0) is 13.5. The molecular formula is C15H15NO2S. The van der Waals surface area contributed by atoms with E-state index in [-0.39, 0.29) is 6.61 Å². The predicted octanol–water partition coefficient (Wildman–Crippen LogP) is 2.80. The van der Waals surface area contributed by atoms with Gasteiger partial charge in [-0.25, -0.2) is 0 Å². The molecule has 2 aromatic rings. The second-order valence-electron chi connectivity index (χ2n) is 3.87. The second-order valence-corrected chi connectivity index (χ2v) is 5.02. The molecule has 0 saturated heterocycles. The molecule has 0 heterocycles. The van der Waals surface area contributed by atoms with E-state index in [1.54, 1.807) is 11.8 Å². The Labute approximate surface area is 117 Å². The van der Waals surface area contributed by atoms with Crippen LogP contribution in [0, 0.1) is 5.21 Å². The third-order valence-electron chi connectivity index (χ3n) is 2.45. The normalized spacial score (nSPS) is 12.1. The summed E-state index contributed by atoms with van der Waals surface area (Å²) in [6, 6.07) is 18.2.